The molecule has 0 bridgehead atoms. The molecule has 0 amide bonds. The van der Waals surface area contributed by atoms with E-state index in [9.17, 15) is 69.0 Å². The zero-order valence-corrected chi connectivity index (χ0v) is 21.0. The SMILES string of the molecule is C=CC(C(=O)O)C(CC(C(=O)O)C(C)C(=O)OC(=O)C(C)C(CC(C(=O)O)C(C=C)C(=O)O)C(=O)O)C(=O)O. The number of carbonyl (C=O) groups is 8. The van der Waals surface area contributed by atoms with Crippen molar-refractivity contribution in [1.29, 1.82) is 0 Å². The molecule has 0 heterocycles. The van der Waals surface area contributed by atoms with Gasteiger partial charge in [-0.25, -0.2) is 0 Å². The Morgan fingerprint density at radius 2 is 0.795 bits per heavy atom. The first-order valence-electron chi connectivity index (χ1n) is 11.3. The Morgan fingerprint density at radius 1 is 0.538 bits per heavy atom. The summed E-state index contributed by atoms with van der Waals surface area (Å²) in [5.74, 6) is -27.2. The van der Waals surface area contributed by atoms with Crippen molar-refractivity contribution in [3.05, 3.63) is 25.3 Å². The van der Waals surface area contributed by atoms with Gasteiger partial charge in [-0.15, -0.1) is 13.2 Å². The summed E-state index contributed by atoms with van der Waals surface area (Å²) in [6, 6.07) is 0. The van der Waals surface area contributed by atoms with Gasteiger partial charge in [-0.05, 0) is 12.8 Å². The van der Waals surface area contributed by atoms with Gasteiger partial charge in [0.25, 0.3) is 0 Å². The van der Waals surface area contributed by atoms with E-state index >= 15 is 0 Å². The van der Waals surface area contributed by atoms with Gasteiger partial charge >= 0.3 is 47.8 Å². The smallest absolute Gasteiger partial charge is 0.317 e. The van der Waals surface area contributed by atoms with Crippen LogP contribution in [0.5, 0.6) is 0 Å². The van der Waals surface area contributed by atoms with Gasteiger partial charge in [0.2, 0.25) is 0 Å². The quantitative estimate of drug-likeness (QED) is 0.0767. The molecule has 8 unspecified atom stereocenters. The molecule has 6 N–H and O–H groups in total. The highest BCUT2D eigenvalue weighted by atomic mass is 16.6. The van der Waals surface area contributed by atoms with Gasteiger partial charge in [0.15, 0.2) is 0 Å². The monoisotopic (exact) mass is 558 g/mol. The van der Waals surface area contributed by atoms with Crippen molar-refractivity contribution in [2.75, 3.05) is 0 Å². The highest BCUT2D eigenvalue weighted by Gasteiger charge is 2.43. The lowest BCUT2D eigenvalue weighted by Gasteiger charge is -2.26. The van der Waals surface area contributed by atoms with Gasteiger partial charge in [0, 0.05) is 0 Å². The van der Waals surface area contributed by atoms with Crippen LogP contribution in [-0.2, 0) is 43.1 Å². The molecule has 39 heavy (non-hydrogen) atoms. The molecule has 15 heteroatoms. The van der Waals surface area contributed by atoms with E-state index < -0.39 is 108 Å². The second-order valence-corrected chi connectivity index (χ2v) is 8.77. The average Bonchev–Trinajstić information content (AvgIpc) is 2.81. The lowest BCUT2D eigenvalue weighted by Crippen LogP contribution is -2.39. The largest absolute Gasteiger partial charge is 0.481 e. The number of hydrogen-bond acceptors (Lipinski definition) is 9. The molecule has 0 aromatic heterocycles. The molecular formula is C24H30O15. The third-order valence-corrected chi connectivity index (χ3v) is 6.38. The van der Waals surface area contributed by atoms with Crippen LogP contribution in [0.1, 0.15) is 26.7 Å². The molecule has 216 valence electrons. The summed E-state index contributed by atoms with van der Waals surface area (Å²) in [5, 5.41) is 56.3. The first-order chi connectivity index (χ1) is 17.9. The molecule has 0 aliphatic rings. The van der Waals surface area contributed by atoms with E-state index in [4.69, 9.17) is 0 Å². The van der Waals surface area contributed by atoms with Crippen LogP contribution in [0.4, 0.5) is 0 Å². The first kappa shape index (κ1) is 34.4. The van der Waals surface area contributed by atoms with Crippen LogP contribution < -0.4 is 0 Å². The van der Waals surface area contributed by atoms with Crippen LogP contribution in [0.15, 0.2) is 25.3 Å². The Balaban J connectivity index is 5.90. The second kappa shape index (κ2) is 15.0. The minimum Gasteiger partial charge on any atom is -0.481 e. The molecule has 0 aromatic carbocycles. The lowest BCUT2D eigenvalue weighted by molar-refractivity contribution is -0.173. The third kappa shape index (κ3) is 9.36. The molecule has 0 spiro atoms. The van der Waals surface area contributed by atoms with Gasteiger partial charge in [0.05, 0.1) is 47.3 Å². The van der Waals surface area contributed by atoms with Crippen LogP contribution >= 0.6 is 0 Å². The number of carboxylic acid groups (broad SMARTS) is 6. The maximum atomic E-state index is 12.6. The minimum absolute atomic E-state index is 0.784. The molecule has 0 radical (unpaired) electrons. The Morgan fingerprint density at radius 3 is 0.974 bits per heavy atom. The summed E-state index contributed by atoms with van der Waals surface area (Å²) in [5.41, 5.74) is 0. The van der Waals surface area contributed by atoms with E-state index in [0.717, 1.165) is 26.0 Å². The highest BCUT2D eigenvalue weighted by Crippen LogP contribution is 2.31. The van der Waals surface area contributed by atoms with Crippen molar-refractivity contribution in [2.24, 2.45) is 47.3 Å². The van der Waals surface area contributed by atoms with Crippen molar-refractivity contribution < 1.29 is 73.7 Å². The second-order valence-electron chi connectivity index (χ2n) is 8.77. The van der Waals surface area contributed by atoms with E-state index in [2.05, 4.69) is 17.9 Å². The van der Waals surface area contributed by atoms with Crippen LogP contribution in [0.25, 0.3) is 0 Å². The molecule has 0 fully saturated rings. The fourth-order valence-electron chi connectivity index (χ4n) is 3.87. The zero-order valence-electron chi connectivity index (χ0n) is 21.0. The van der Waals surface area contributed by atoms with Crippen molar-refractivity contribution in [3.8, 4) is 0 Å². The van der Waals surface area contributed by atoms with Crippen molar-refractivity contribution in [3.63, 3.8) is 0 Å². The van der Waals surface area contributed by atoms with Crippen molar-refractivity contribution >= 4 is 47.8 Å². The summed E-state index contributed by atoms with van der Waals surface area (Å²) >= 11 is 0. The average molecular weight is 558 g/mol. The van der Waals surface area contributed by atoms with E-state index in [1.54, 1.807) is 0 Å². The summed E-state index contributed by atoms with van der Waals surface area (Å²) in [4.78, 5) is 94.6. The molecule has 8 atom stereocenters. The van der Waals surface area contributed by atoms with Gasteiger partial charge in [0.1, 0.15) is 0 Å². The zero-order chi connectivity index (χ0) is 30.8. The summed E-state index contributed by atoms with van der Waals surface area (Å²) < 4.78 is 4.62. The van der Waals surface area contributed by atoms with Gasteiger partial charge < -0.3 is 35.4 Å². The lowest BCUT2D eigenvalue weighted by atomic mass is 9.79. The number of esters is 2. The summed E-state index contributed by atoms with van der Waals surface area (Å²) in [6.07, 6.45) is -0.175. The number of rotatable bonds is 18. The van der Waals surface area contributed by atoms with Gasteiger partial charge in [-0.1, -0.05) is 26.0 Å². The number of ether oxygens (including phenoxy) is 1. The molecule has 0 rings (SSSR count). The Hall–Kier alpha value is -4.56. The van der Waals surface area contributed by atoms with Crippen LogP contribution in [0.2, 0.25) is 0 Å². The van der Waals surface area contributed by atoms with E-state index in [0.29, 0.717) is 0 Å². The normalized spacial score (nSPS) is 17.0. The predicted molar refractivity (Wildman–Crippen MR) is 126 cm³/mol. The molecule has 0 saturated heterocycles. The number of carbonyl (C=O) groups excluding carboxylic acids is 2. The Labute approximate surface area is 221 Å². The fraction of sp³-hybridized carbons (Fsp3) is 0.500. The van der Waals surface area contributed by atoms with Crippen molar-refractivity contribution in [1.82, 2.24) is 0 Å². The maximum absolute atomic E-state index is 12.6. The summed E-state index contributed by atoms with van der Waals surface area (Å²) in [7, 11) is 0. The Bertz CT molecular complexity index is 949. The van der Waals surface area contributed by atoms with Gasteiger partial charge in [-0.3, -0.25) is 38.4 Å². The fourth-order valence-corrected chi connectivity index (χ4v) is 3.87. The maximum Gasteiger partial charge on any atom is 0.317 e. The van der Waals surface area contributed by atoms with Crippen LogP contribution in [0.3, 0.4) is 0 Å². The third-order valence-electron chi connectivity index (χ3n) is 6.38. The number of hydrogen-bond donors (Lipinski definition) is 6. The van der Waals surface area contributed by atoms with Gasteiger partial charge in [-0.2, -0.15) is 0 Å². The molecule has 0 saturated carbocycles. The Kier molecular flexibility index (Phi) is 13.2. The molecular weight excluding hydrogens is 528 g/mol. The molecule has 0 aliphatic heterocycles. The minimum atomic E-state index is -1.85. The van der Waals surface area contributed by atoms with Crippen LogP contribution in [0, 0.1) is 47.3 Å². The van der Waals surface area contributed by atoms with Crippen molar-refractivity contribution in [2.45, 2.75) is 26.7 Å². The number of carboxylic acids is 6. The van der Waals surface area contributed by atoms with E-state index in [1.165, 1.54) is 0 Å². The molecule has 15 nitrogen and oxygen atoms in total. The topological polar surface area (TPSA) is 267 Å². The standard InChI is InChI=1S/C24H30O15/c1-5-11(17(25)26)15(21(33)34)7-13(19(29)30)9(3)23(37)39-24(38)10(4)14(20(31)32)8-16(22(35)36)12(6-2)18(27)28/h5-6,9-16H,1-2,7-8H2,3-4H3,(H,25,26)(H,27,28)(H,29,30)(H,31,32)(H,33,34)(H,35,36). The van der Waals surface area contributed by atoms with E-state index in [1.807, 2.05) is 0 Å². The predicted octanol–water partition coefficient (Wildman–Crippen LogP) is 0.685. The first-order valence-corrected chi connectivity index (χ1v) is 11.3. The number of aliphatic carboxylic acids is 6. The molecule has 0 aliphatic carbocycles. The highest BCUT2D eigenvalue weighted by molar-refractivity contribution is 5.92. The summed E-state index contributed by atoms with van der Waals surface area (Å²) in [6.45, 7) is 8.37. The molecule has 0 aromatic rings. The van der Waals surface area contributed by atoms with Crippen LogP contribution in [-0.4, -0.2) is 78.4 Å². The van der Waals surface area contributed by atoms with E-state index in [-0.39, 0.29) is 0 Å².